The van der Waals surface area contributed by atoms with Crippen molar-refractivity contribution in [1.82, 2.24) is 10.6 Å². The van der Waals surface area contributed by atoms with Crippen LogP contribution in [0.1, 0.15) is 54.9 Å². The first-order chi connectivity index (χ1) is 13.5. The van der Waals surface area contributed by atoms with Crippen LogP contribution in [0.15, 0.2) is 24.3 Å². The molecule has 0 aromatic heterocycles. The normalized spacial score (nSPS) is 20.2. The number of ether oxygens (including phenoxy) is 2. The summed E-state index contributed by atoms with van der Waals surface area (Å²) in [6, 6.07) is 7.88. The molecule has 0 radical (unpaired) electrons. The number of carboxylic acids is 1. The van der Waals surface area contributed by atoms with Gasteiger partial charge < -0.3 is 25.2 Å². The molecule has 1 spiro atoms. The molecule has 0 bridgehead atoms. The second-order valence-corrected chi connectivity index (χ2v) is 7.61. The van der Waals surface area contributed by atoms with Gasteiger partial charge in [-0.3, -0.25) is 9.59 Å². The van der Waals surface area contributed by atoms with Crippen molar-refractivity contribution < 1.29 is 24.2 Å². The average molecular weight is 390 g/mol. The second kappa shape index (κ2) is 9.49. The monoisotopic (exact) mass is 390 g/mol. The molecule has 3 N–H and O–H groups in total. The number of hydrogen-bond acceptors (Lipinski definition) is 5. The molecule has 2 aliphatic rings. The molecular formula is C21H30N2O5. The van der Waals surface area contributed by atoms with Crippen molar-refractivity contribution in [2.24, 2.45) is 5.92 Å². The van der Waals surface area contributed by atoms with Gasteiger partial charge >= 0.3 is 5.97 Å². The Labute approximate surface area is 165 Å². The number of nitrogens with one attached hydrogen (secondary N) is 2. The number of hydrogen-bond donors (Lipinski definition) is 3. The molecule has 1 aromatic carbocycles. The van der Waals surface area contributed by atoms with E-state index in [2.05, 4.69) is 10.6 Å². The predicted molar refractivity (Wildman–Crippen MR) is 104 cm³/mol. The number of carbonyl (C=O) groups is 2. The molecule has 1 heterocycles. The molecule has 1 amide bonds. The number of aliphatic carboxylic acids is 1. The van der Waals surface area contributed by atoms with Gasteiger partial charge in [-0.2, -0.15) is 0 Å². The zero-order valence-corrected chi connectivity index (χ0v) is 16.4. The third-order valence-corrected chi connectivity index (χ3v) is 5.72. The Balaban J connectivity index is 1.42. The topological polar surface area (TPSA) is 96.9 Å². The molecule has 1 atom stereocenters. The van der Waals surface area contributed by atoms with Crippen LogP contribution >= 0.6 is 0 Å². The van der Waals surface area contributed by atoms with E-state index >= 15 is 0 Å². The van der Waals surface area contributed by atoms with Gasteiger partial charge in [-0.25, -0.2) is 0 Å². The predicted octanol–water partition coefficient (Wildman–Crippen LogP) is 2.30. The molecule has 1 saturated heterocycles. The standard InChI is InChI=1S/C21H30N2O5/c1-2-16(20(25)26)14-23-19(24)17-5-3-15(4-6-17)13-22-18-7-9-21(10-8-18)27-11-12-28-21/h3-6,16,18,22H,2,7-14H2,1H3,(H,23,24)(H,25,26). The van der Waals surface area contributed by atoms with Crippen molar-refractivity contribution in [2.75, 3.05) is 19.8 Å². The van der Waals surface area contributed by atoms with E-state index in [1.54, 1.807) is 19.1 Å². The highest BCUT2D eigenvalue weighted by atomic mass is 16.7. The molecule has 2 fully saturated rings. The van der Waals surface area contributed by atoms with E-state index in [0.29, 0.717) is 31.2 Å². The molecule has 1 saturated carbocycles. The van der Waals surface area contributed by atoms with E-state index in [1.807, 2.05) is 12.1 Å². The fourth-order valence-electron chi connectivity index (χ4n) is 3.81. The summed E-state index contributed by atoms with van der Waals surface area (Å²) in [4.78, 5) is 23.2. The van der Waals surface area contributed by atoms with Crippen molar-refractivity contribution in [2.45, 2.75) is 57.4 Å². The summed E-state index contributed by atoms with van der Waals surface area (Å²) in [6.07, 6.45) is 4.41. The van der Waals surface area contributed by atoms with Gasteiger partial charge in [-0.15, -0.1) is 0 Å². The van der Waals surface area contributed by atoms with Gasteiger partial charge in [0.2, 0.25) is 0 Å². The van der Waals surface area contributed by atoms with Crippen molar-refractivity contribution in [1.29, 1.82) is 0 Å². The highest BCUT2D eigenvalue weighted by molar-refractivity contribution is 5.94. The van der Waals surface area contributed by atoms with E-state index in [9.17, 15) is 9.59 Å². The summed E-state index contributed by atoms with van der Waals surface area (Å²) in [7, 11) is 0. The molecule has 1 unspecified atom stereocenters. The summed E-state index contributed by atoms with van der Waals surface area (Å²) in [5.74, 6) is -2.01. The van der Waals surface area contributed by atoms with Crippen LogP contribution in [0.3, 0.4) is 0 Å². The molecule has 7 nitrogen and oxygen atoms in total. The Kier molecular flexibility index (Phi) is 7.04. The second-order valence-electron chi connectivity index (χ2n) is 7.61. The van der Waals surface area contributed by atoms with Crippen LogP contribution in [-0.2, 0) is 20.8 Å². The van der Waals surface area contributed by atoms with Gasteiger partial charge in [0.1, 0.15) is 0 Å². The van der Waals surface area contributed by atoms with E-state index in [-0.39, 0.29) is 18.2 Å². The summed E-state index contributed by atoms with van der Waals surface area (Å²) in [6.45, 7) is 4.09. The van der Waals surface area contributed by atoms with E-state index in [1.165, 1.54) is 0 Å². The van der Waals surface area contributed by atoms with E-state index in [0.717, 1.165) is 37.8 Å². The highest BCUT2D eigenvalue weighted by Gasteiger charge is 2.40. The zero-order chi connectivity index (χ0) is 20.0. The maximum Gasteiger partial charge on any atom is 0.308 e. The Morgan fingerprint density at radius 2 is 1.82 bits per heavy atom. The Morgan fingerprint density at radius 3 is 2.39 bits per heavy atom. The number of benzene rings is 1. The zero-order valence-electron chi connectivity index (χ0n) is 16.4. The minimum Gasteiger partial charge on any atom is -0.481 e. The van der Waals surface area contributed by atoms with Crippen molar-refractivity contribution in [3.63, 3.8) is 0 Å². The number of carboxylic acid groups (broad SMARTS) is 1. The lowest BCUT2D eigenvalue weighted by Gasteiger charge is -2.35. The lowest BCUT2D eigenvalue weighted by molar-refractivity contribution is -0.179. The fraction of sp³-hybridized carbons (Fsp3) is 0.619. The van der Waals surface area contributed by atoms with Crippen molar-refractivity contribution in [3.8, 4) is 0 Å². The summed E-state index contributed by atoms with van der Waals surface area (Å²) < 4.78 is 11.5. The molecule has 154 valence electrons. The SMILES string of the molecule is CCC(CNC(=O)c1ccc(CNC2CCC3(CC2)OCCO3)cc1)C(=O)O. The quantitative estimate of drug-likeness (QED) is 0.630. The van der Waals surface area contributed by atoms with Gasteiger partial charge in [0, 0.05) is 37.5 Å². The number of rotatable bonds is 8. The molecule has 1 aliphatic heterocycles. The Hall–Kier alpha value is -1.96. The van der Waals surface area contributed by atoms with Crippen LogP contribution in [0, 0.1) is 5.92 Å². The van der Waals surface area contributed by atoms with Gasteiger partial charge in [-0.05, 0) is 37.0 Å². The van der Waals surface area contributed by atoms with Crippen LogP contribution in [0.5, 0.6) is 0 Å². The van der Waals surface area contributed by atoms with Gasteiger partial charge in [0.25, 0.3) is 5.91 Å². The third-order valence-electron chi connectivity index (χ3n) is 5.72. The molecular weight excluding hydrogens is 360 g/mol. The highest BCUT2D eigenvalue weighted by Crippen LogP contribution is 2.35. The number of amides is 1. The van der Waals surface area contributed by atoms with Gasteiger partial charge in [0.05, 0.1) is 19.1 Å². The Morgan fingerprint density at radius 1 is 1.18 bits per heavy atom. The third kappa shape index (κ3) is 5.31. The van der Waals surface area contributed by atoms with Crippen molar-refractivity contribution in [3.05, 3.63) is 35.4 Å². The minimum atomic E-state index is -0.885. The number of carbonyl (C=O) groups excluding carboxylic acids is 1. The first-order valence-corrected chi connectivity index (χ1v) is 10.1. The first kappa shape index (κ1) is 20.8. The van der Waals surface area contributed by atoms with Crippen LogP contribution in [-0.4, -0.2) is 48.6 Å². The summed E-state index contributed by atoms with van der Waals surface area (Å²) >= 11 is 0. The minimum absolute atomic E-state index is 0.143. The maximum atomic E-state index is 12.2. The first-order valence-electron chi connectivity index (χ1n) is 10.1. The van der Waals surface area contributed by atoms with Crippen LogP contribution in [0.4, 0.5) is 0 Å². The summed E-state index contributed by atoms with van der Waals surface area (Å²) in [5.41, 5.74) is 1.65. The molecule has 28 heavy (non-hydrogen) atoms. The molecule has 1 aliphatic carbocycles. The maximum absolute atomic E-state index is 12.2. The molecule has 1 aromatic rings. The summed E-state index contributed by atoms with van der Waals surface area (Å²) in [5, 5.41) is 15.3. The van der Waals surface area contributed by atoms with Crippen LogP contribution in [0.25, 0.3) is 0 Å². The Bertz CT molecular complexity index is 660. The molecule has 7 heteroatoms. The van der Waals surface area contributed by atoms with Crippen molar-refractivity contribution >= 4 is 11.9 Å². The molecule has 3 rings (SSSR count). The van der Waals surface area contributed by atoms with E-state index in [4.69, 9.17) is 14.6 Å². The lowest BCUT2D eigenvalue weighted by Crippen LogP contribution is -2.41. The largest absolute Gasteiger partial charge is 0.481 e. The smallest absolute Gasteiger partial charge is 0.308 e. The average Bonchev–Trinajstić information content (AvgIpc) is 3.16. The van der Waals surface area contributed by atoms with E-state index < -0.39 is 11.9 Å². The fourth-order valence-corrected chi connectivity index (χ4v) is 3.81. The van der Waals surface area contributed by atoms with Crippen LogP contribution in [0.2, 0.25) is 0 Å². The van der Waals surface area contributed by atoms with Gasteiger partial charge in [0.15, 0.2) is 5.79 Å². The van der Waals surface area contributed by atoms with Crippen LogP contribution < -0.4 is 10.6 Å². The lowest BCUT2D eigenvalue weighted by atomic mass is 9.90. The van der Waals surface area contributed by atoms with Gasteiger partial charge in [-0.1, -0.05) is 19.1 Å².